The molecule has 0 amide bonds. The molecule has 0 radical (unpaired) electrons. The van der Waals surface area contributed by atoms with Crippen LogP contribution in [0.25, 0.3) is 0 Å². The summed E-state index contributed by atoms with van der Waals surface area (Å²) in [5.41, 5.74) is 1.81. The second-order valence-corrected chi connectivity index (χ2v) is 4.31. The van der Waals surface area contributed by atoms with Crippen LogP contribution in [-0.4, -0.2) is 22.3 Å². The highest BCUT2D eigenvalue weighted by Gasteiger charge is 2.17. The van der Waals surface area contributed by atoms with E-state index in [0.717, 1.165) is 10.0 Å². The summed E-state index contributed by atoms with van der Waals surface area (Å²) >= 11 is 3.35. The van der Waals surface area contributed by atoms with E-state index in [1.54, 1.807) is 0 Å². The first-order valence-corrected chi connectivity index (χ1v) is 5.50. The van der Waals surface area contributed by atoms with Crippen molar-refractivity contribution in [2.24, 2.45) is 0 Å². The zero-order valence-electron chi connectivity index (χ0n) is 8.30. The third-order valence-electron chi connectivity index (χ3n) is 2.13. The van der Waals surface area contributed by atoms with Gasteiger partial charge >= 0.3 is 7.12 Å². The number of hydrogen-bond donors (Lipinski definition) is 2. The fraction of sp³-hybridized carbons (Fsp3) is 0.100. The molecule has 0 saturated carbocycles. The molecule has 1 heterocycles. The summed E-state index contributed by atoms with van der Waals surface area (Å²) in [5, 5.41) is 21.5. The maximum Gasteiger partial charge on any atom is 0.529 e. The van der Waals surface area contributed by atoms with Gasteiger partial charge in [0.15, 0.2) is 5.66 Å². The molecule has 16 heavy (non-hydrogen) atoms. The molecule has 0 spiro atoms. The highest BCUT2D eigenvalue weighted by atomic mass is 79.9. The Morgan fingerprint density at radius 2 is 1.94 bits per heavy atom. The quantitative estimate of drug-likeness (QED) is 0.813. The predicted octanol–water partition coefficient (Wildman–Crippen LogP) is 0.708. The van der Waals surface area contributed by atoms with E-state index in [1.165, 1.54) is 6.07 Å². The predicted molar refractivity (Wildman–Crippen MR) is 63.3 cm³/mol. The average molecular weight is 282 g/mol. The minimum Gasteiger partial charge on any atom is -0.421 e. The van der Waals surface area contributed by atoms with Crippen molar-refractivity contribution in [1.29, 1.82) is 0 Å². The molecule has 0 aliphatic rings. The molecule has 6 heteroatoms. The van der Waals surface area contributed by atoms with Crippen molar-refractivity contribution < 1.29 is 14.6 Å². The maximum absolute atomic E-state index is 8.86. The van der Waals surface area contributed by atoms with Crippen molar-refractivity contribution in [2.45, 2.75) is 6.42 Å². The van der Waals surface area contributed by atoms with Crippen LogP contribution in [0.4, 0.5) is 0 Å². The van der Waals surface area contributed by atoms with Gasteiger partial charge in [0.1, 0.15) is 0 Å². The first-order valence-electron chi connectivity index (χ1n) is 4.71. The third-order valence-corrected chi connectivity index (χ3v) is 2.66. The summed E-state index contributed by atoms with van der Waals surface area (Å²) < 4.78 is 5.78. The minimum atomic E-state index is -1.61. The second kappa shape index (κ2) is 4.82. The standard InChI is InChI=1S/C10H9BBrNO3/c12-8-3-1-7(2-4-8)5-9-6-10(11(14)15)16-13-9/h1-4,6,14-15H,5H2. The van der Waals surface area contributed by atoms with Gasteiger partial charge in [0.05, 0.1) is 5.69 Å². The van der Waals surface area contributed by atoms with Crippen LogP contribution in [0.15, 0.2) is 39.3 Å². The van der Waals surface area contributed by atoms with Gasteiger partial charge in [-0.05, 0) is 17.7 Å². The molecule has 2 N–H and O–H groups in total. The highest BCUT2D eigenvalue weighted by molar-refractivity contribution is 9.10. The molecule has 2 aromatic rings. The molecule has 4 nitrogen and oxygen atoms in total. The minimum absolute atomic E-state index is 0.0621. The normalized spacial score (nSPS) is 10.4. The van der Waals surface area contributed by atoms with Crippen LogP contribution in [0.5, 0.6) is 0 Å². The van der Waals surface area contributed by atoms with Crippen molar-refractivity contribution in [3.63, 3.8) is 0 Å². The summed E-state index contributed by atoms with van der Waals surface area (Å²) in [6, 6.07) is 9.35. The Morgan fingerprint density at radius 3 is 2.50 bits per heavy atom. The molecule has 0 bridgehead atoms. The first kappa shape index (κ1) is 11.4. The Labute approximate surface area is 101 Å². The third kappa shape index (κ3) is 2.72. The number of benzene rings is 1. The number of aromatic nitrogens is 1. The van der Waals surface area contributed by atoms with Crippen LogP contribution in [0.2, 0.25) is 0 Å². The van der Waals surface area contributed by atoms with Gasteiger partial charge in [0.2, 0.25) is 0 Å². The molecule has 0 atom stereocenters. The van der Waals surface area contributed by atoms with E-state index in [4.69, 9.17) is 14.6 Å². The van der Waals surface area contributed by atoms with Gasteiger partial charge in [0, 0.05) is 17.0 Å². The van der Waals surface area contributed by atoms with E-state index >= 15 is 0 Å². The number of rotatable bonds is 3. The molecule has 2 rings (SSSR count). The van der Waals surface area contributed by atoms with E-state index in [1.807, 2.05) is 24.3 Å². The van der Waals surface area contributed by atoms with E-state index in [2.05, 4.69) is 21.1 Å². The Hall–Kier alpha value is -1.11. The van der Waals surface area contributed by atoms with E-state index < -0.39 is 7.12 Å². The molecule has 0 aliphatic carbocycles. The molecule has 1 aromatic heterocycles. The monoisotopic (exact) mass is 281 g/mol. The van der Waals surface area contributed by atoms with Gasteiger partial charge in [-0.3, -0.25) is 0 Å². The zero-order chi connectivity index (χ0) is 11.5. The first-order chi connectivity index (χ1) is 7.65. The van der Waals surface area contributed by atoms with Crippen LogP contribution in [0.3, 0.4) is 0 Å². The Kier molecular flexibility index (Phi) is 3.43. The van der Waals surface area contributed by atoms with Gasteiger partial charge in [-0.2, -0.15) is 0 Å². The summed E-state index contributed by atoms with van der Waals surface area (Å²) in [6.45, 7) is 0. The highest BCUT2D eigenvalue weighted by Crippen LogP contribution is 2.12. The lowest BCUT2D eigenvalue weighted by Gasteiger charge is -1.96. The van der Waals surface area contributed by atoms with Gasteiger partial charge in [-0.25, -0.2) is 0 Å². The lowest BCUT2D eigenvalue weighted by atomic mass is 9.87. The summed E-state index contributed by atoms with van der Waals surface area (Å²) in [6.07, 6.45) is 0.601. The Morgan fingerprint density at radius 1 is 1.25 bits per heavy atom. The fourth-order valence-electron chi connectivity index (χ4n) is 1.34. The second-order valence-electron chi connectivity index (χ2n) is 3.40. The van der Waals surface area contributed by atoms with E-state index in [-0.39, 0.29) is 5.66 Å². The van der Waals surface area contributed by atoms with Gasteiger partial charge < -0.3 is 14.6 Å². The average Bonchev–Trinajstić information content (AvgIpc) is 2.70. The summed E-state index contributed by atoms with van der Waals surface area (Å²) in [5.74, 6) is 0. The smallest absolute Gasteiger partial charge is 0.421 e. The fourth-order valence-corrected chi connectivity index (χ4v) is 1.61. The van der Waals surface area contributed by atoms with Gasteiger partial charge in [-0.15, -0.1) is 0 Å². The maximum atomic E-state index is 8.86. The topological polar surface area (TPSA) is 66.5 Å². The lowest BCUT2D eigenvalue weighted by Crippen LogP contribution is -2.28. The van der Waals surface area contributed by atoms with Crippen LogP contribution < -0.4 is 5.66 Å². The van der Waals surface area contributed by atoms with Crippen molar-refractivity contribution in [3.8, 4) is 0 Å². The number of halogens is 1. The van der Waals surface area contributed by atoms with Crippen LogP contribution in [0, 0.1) is 0 Å². The van der Waals surface area contributed by atoms with Crippen LogP contribution in [-0.2, 0) is 6.42 Å². The van der Waals surface area contributed by atoms with Crippen LogP contribution in [0.1, 0.15) is 11.3 Å². The lowest BCUT2D eigenvalue weighted by molar-refractivity contribution is 0.381. The van der Waals surface area contributed by atoms with Gasteiger partial charge in [-0.1, -0.05) is 33.2 Å². The molecule has 82 valence electrons. The van der Waals surface area contributed by atoms with Crippen molar-refractivity contribution in [1.82, 2.24) is 5.16 Å². The molecular formula is C10H9BBrNO3. The summed E-state index contributed by atoms with van der Waals surface area (Å²) in [7, 11) is -1.61. The molecular weight excluding hydrogens is 273 g/mol. The van der Waals surface area contributed by atoms with Crippen molar-refractivity contribution >= 4 is 28.7 Å². The molecule has 0 aliphatic heterocycles. The number of nitrogens with zero attached hydrogens (tertiary/aromatic N) is 1. The SMILES string of the molecule is OB(O)c1cc(Cc2ccc(Br)cc2)no1. The van der Waals surface area contributed by atoms with Crippen LogP contribution >= 0.6 is 15.9 Å². The summed E-state index contributed by atoms with van der Waals surface area (Å²) in [4.78, 5) is 0. The van der Waals surface area contributed by atoms with Crippen molar-refractivity contribution in [3.05, 3.63) is 46.1 Å². The van der Waals surface area contributed by atoms with Crippen molar-refractivity contribution in [2.75, 3.05) is 0 Å². The largest absolute Gasteiger partial charge is 0.529 e. The molecule has 0 fully saturated rings. The van der Waals surface area contributed by atoms with Gasteiger partial charge in [0.25, 0.3) is 0 Å². The Bertz CT molecular complexity index is 469. The number of hydrogen-bond acceptors (Lipinski definition) is 4. The Balaban J connectivity index is 2.11. The zero-order valence-corrected chi connectivity index (χ0v) is 9.89. The molecule has 0 saturated heterocycles. The molecule has 0 unspecified atom stereocenters. The van der Waals surface area contributed by atoms with E-state index in [9.17, 15) is 0 Å². The molecule has 1 aromatic carbocycles. The van der Waals surface area contributed by atoms with E-state index in [0.29, 0.717) is 12.1 Å².